The number of ether oxygens (including phenoxy) is 1. The van der Waals surface area contributed by atoms with E-state index >= 15 is 0 Å². The zero-order valence-electron chi connectivity index (χ0n) is 17.0. The van der Waals surface area contributed by atoms with Crippen molar-refractivity contribution in [1.82, 2.24) is 14.5 Å². The molecule has 1 saturated heterocycles. The Hall–Kier alpha value is -2.19. The molecule has 1 aliphatic heterocycles. The van der Waals surface area contributed by atoms with E-state index in [1.165, 1.54) is 17.5 Å². The molecule has 7 nitrogen and oxygen atoms in total. The molecular formula is C21H28N4O3S. The van der Waals surface area contributed by atoms with Crippen LogP contribution in [0.5, 0.6) is 5.88 Å². The Bertz CT molecular complexity index is 960. The highest BCUT2D eigenvalue weighted by Crippen LogP contribution is 2.28. The minimum absolute atomic E-state index is 0.226. The highest BCUT2D eigenvalue weighted by atomic mass is 32.2. The van der Waals surface area contributed by atoms with E-state index in [-0.39, 0.29) is 6.10 Å². The van der Waals surface area contributed by atoms with Crippen LogP contribution >= 0.6 is 0 Å². The van der Waals surface area contributed by atoms with Crippen molar-refractivity contribution >= 4 is 15.8 Å². The number of anilines is 1. The van der Waals surface area contributed by atoms with Crippen molar-refractivity contribution in [3.8, 4) is 5.88 Å². The van der Waals surface area contributed by atoms with Crippen LogP contribution in [0.15, 0.2) is 35.2 Å². The van der Waals surface area contributed by atoms with Gasteiger partial charge in [0.1, 0.15) is 6.10 Å². The van der Waals surface area contributed by atoms with Crippen LogP contribution in [0.3, 0.4) is 0 Å². The first-order chi connectivity index (χ1) is 13.9. The quantitative estimate of drug-likeness (QED) is 0.746. The van der Waals surface area contributed by atoms with E-state index in [1.54, 1.807) is 16.4 Å². The predicted octanol–water partition coefficient (Wildman–Crippen LogP) is 2.65. The maximum atomic E-state index is 13.2. The van der Waals surface area contributed by atoms with E-state index in [2.05, 4.69) is 10.2 Å². The number of hydrogen-bond acceptors (Lipinski definition) is 6. The van der Waals surface area contributed by atoms with Crippen LogP contribution in [0.4, 0.5) is 5.82 Å². The van der Waals surface area contributed by atoms with E-state index in [1.807, 2.05) is 37.2 Å². The first-order valence-corrected chi connectivity index (χ1v) is 11.7. The monoisotopic (exact) mass is 416 g/mol. The van der Waals surface area contributed by atoms with Crippen molar-refractivity contribution in [1.29, 1.82) is 0 Å². The maximum absolute atomic E-state index is 13.2. The summed E-state index contributed by atoms with van der Waals surface area (Å²) in [5.74, 6) is 1.17. The molecule has 0 saturated carbocycles. The summed E-state index contributed by atoms with van der Waals surface area (Å²) in [6.07, 6.45) is 5.66. The second-order valence-electron chi connectivity index (χ2n) is 8.01. The van der Waals surface area contributed by atoms with Crippen LogP contribution in [0.1, 0.15) is 36.8 Å². The van der Waals surface area contributed by atoms with Gasteiger partial charge in [0.05, 0.1) is 11.4 Å². The first-order valence-electron chi connectivity index (χ1n) is 10.2. The topological polar surface area (TPSA) is 75.6 Å². The molecule has 2 aromatic rings. The third kappa shape index (κ3) is 4.38. The zero-order valence-corrected chi connectivity index (χ0v) is 17.9. The molecule has 1 atom stereocenters. The molecule has 1 fully saturated rings. The lowest BCUT2D eigenvalue weighted by atomic mass is 9.92. The van der Waals surface area contributed by atoms with Crippen LogP contribution in [0.25, 0.3) is 0 Å². The Labute approximate surface area is 172 Å². The van der Waals surface area contributed by atoms with Gasteiger partial charge in [0, 0.05) is 26.7 Å². The van der Waals surface area contributed by atoms with E-state index in [0.29, 0.717) is 23.9 Å². The summed E-state index contributed by atoms with van der Waals surface area (Å²) in [4.78, 5) is 2.26. The summed E-state index contributed by atoms with van der Waals surface area (Å²) in [5, 5.41) is 8.22. The lowest BCUT2D eigenvalue weighted by Gasteiger charge is -2.32. The normalized spacial score (nSPS) is 20.1. The van der Waals surface area contributed by atoms with Gasteiger partial charge in [-0.1, -0.05) is 6.07 Å². The first kappa shape index (κ1) is 20.1. The molecule has 0 bridgehead atoms. The number of nitrogens with zero attached hydrogens (tertiary/aromatic N) is 4. The Balaban J connectivity index is 1.47. The summed E-state index contributed by atoms with van der Waals surface area (Å²) in [7, 11) is 0.268. The fourth-order valence-corrected chi connectivity index (χ4v) is 5.59. The third-order valence-electron chi connectivity index (χ3n) is 5.67. The standard InChI is InChI=1S/C21H28N4O3S/c1-24(2)20-11-12-21(23-22-20)28-18-8-5-13-25(15-18)29(26,27)19-10-9-16-6-3-4-7-17(16)14-19/h9-12,14,18H,3-8,13,15H2,1-2H3. The summed E-state index contributed by atoms with van der Waals surface area (Å²) >= 11 is 0. The van der Waals surface area contributed by atoms with Crippen molar-refractivity contribution < 1.29 is 13.2 Å². The van der Waals surface area contributed by atoms with Crippen molar-refractivity contribution in [2.24, 2.45) is 0 Å². The number of benzene rings is 1. The Morgan fingerprint density at radius 1 is 1.03 bits per heavy atom. The molecule has 0 spiro atoms. The number of rotatable bonds is 5. The molecule has 0 radical (unpaired) electrons. The molecule has 1 unspecified atom stereocenters. The van der Waals surface area contributed by atoms with Gasteiger partial charge in [0.25, 0.3) is 0 Å². The fraction of sp³-hybridized carbons (Fsp3) is 0.524. The van der Waals surface area contributed by atoms with E-state index in [9.17, 15) is 8.42 Å². The number of sulfonamides is 1. The van der Waals surface area contributed by atoms with Crippen molar-refractivity contribution in [2.75, 3.05) is 32.1 Å². The van der Waals surface area contributed by atoms with Crippen LogP contribution in [0, 0.1) is 0 Å². The Morgan fingerprint density at radius 3 is 2.55 bits per heavy atom. The summed E-state index contributed by atoms with van der Waals surface area (Å²) < 4.78 is 33.9. The third-order valence-corrected chi connectivity index (χ3v) is 7.53. The molecular weight excluding hydrogens is 388 g/mol. The number of fused-ring (bicyclic) bond motifs is 1. The molecule has 156 valence electrons. The second kappa shape index (κ2) is 8.28. The molecule has 4 rings (SSSR count). The van der Waals surface area contributed by atoms with Gasteiger partial charge in [-0.05, 0) is 67.9 Å². The molecule has 1 aromatic heterocycles. The average Bonchev–Trinajstić information content (AvgIpc) is 2.74. The van der Waals surface area contributed by atoms with E-state index < -0.39 is 10.0 Å². The van der Waals surface area contributed by atoms with Crippen LogP contribution in [0.2, 0.25) is 0 Å². The molecule has 1 aliphatic carbocycles. The molecule has 0 amide bonds. The summed E-state index contributed by atoms with van der Waals surface area (Å²) in [6, 6.07) is 9.24. The maximum Gasteiger partial charge on any atom is 0.243 e. The molecule has 8 heteroatoms. The van der Waals surface area contributed by atoms with E-state index in [4.69, 9.17) is 4.74 Å². The molecule has 29 heavy (non-hydrogen) atoms. The average molecular weight is 417 g/mol. The number of hydrogen-bond donors (Lipinski definition) is 0. The SMILES string of the molecule is CN(C)c1ccc(OC2CCCN(S(=O)(=O)c3ccc4c(c3)CCCC4)C2)nn1. The summed E-state index contributed by atoms with van der Waals surface area (Å²) in [6.45, 7) is 0.848. The lowest BCUT2D eigenvalue weighted by Crippen LogP contribution is -2.44. The largest absolute Gasteiger partial charge is 0.472 e. The van der Waals surface area contributed by atoms with Crippen molar-refractivity contribution in [3.63, 3.8) is 0 Å². The van der Waals surface area contributed by atoms with Gasteiger partial charge in [0.2, 0.25) is 15.9 Å². The predicted molar refractivity (Wildman–Crippen MR) is 112 cm³/mol. The molecule has 1 aromatic carbocycles. The van der Waals surface area contributed by atoms with Crippen LogP contribution in [-0.2, 0) is 22.9 Å². The highest BCUT2D eigenvalue weighted by Gasteiger charge is 2.32. The number of aryl methyl sites for hydroxylation is 2. The number of piperidine rings is 1. The Morgan fingerprint density at radius 2 is 1.83 bits per heavy atom. The minimum atomic E-state index is -3.53. The highest BCUT2D eigenvalue weighted by molar-refractivity contribution is 7.89. The fourth-order valence-electron chi connectivity index (χ4n) is 4.02. The second-order valence-corrected chi connectivity index (χ2v) is 9.94. The minimum Gasteiger partial charge on any atom is -0.472 e. The number of aromatic nitrogens is 2. The molecule has 2 heterocycles. The van der Waals surface area contributed by atoms with Gasteiger partial charge in [-0.25, -0.2) is 8.42 Å². The van der Waals surface area contributed by atoms with Gasteiger partial charge in [-0.2, -0.15) is 4.31 Å². The molecule has 2 aliphatic rings. The molecule has 0 N–H and O–H groups in total. The van der Waals surface area contributed by atoms with E-state index in [0.717, 1.165) is 37.9 Å². The van der Waals surface area contributed by atoms with Gasteiger partial charge >= 0.3 is 0 Å². The Kier molecular flexibility index (Phi) is 5.74. The van der Waals surface area contributed by atoms with Crippen LogP contribution < -0.4 is 9.64 Å². The van der Waals surface area contributed by atoms with Gasteiger partial charge in [0.15, 0.2) is 5.82 Å². The lowest BCUT2D eigenvalue weighted by molar-refractivity contribution is 0.123. The van der Waals surface area contributed by atoms with Crippen LogP contribution in [-0.4, -0.2) is 56.2 Å². The van der Waals surface area contributed by atoms with Crippen molar-refractivity contribution in [2.45, 2.75) is 49.5 Å². The van der Waals surface area contributed by atoms with Crippen molar-refractivity contribution in [3.05, 3.63) is 41.5 Å². The van der Waals surface area contributed by atoms with Gasteiger partial charge in [-0.3, -0.25) is 0 Å². The van der Waals surface area contributed by atoms with Gasteiger partial charge in [-0.15, -0.1) is 10.2 Å². The summed E-state index contributed by atoms with van der Waals surface area (Å²) in [5.41, 5.74) is 2.47. The van der Waals surface area contributed by atoms with Gasteiger partial charge < -0.3 is 9.64 Å². The zero-order chi connectivity index (χ0) is 20.4. The smallest absolute Gasteiger partial charge is 0.243 e.